The zero-order valence-electron chi connectivity index (χ0n) is 14.2. The Bertz CT molecular complexity index is 586. The molecule has 1 aromatic carbocycles. The molecular formula is C17H24ClN3O3. The van der Waals surface area contributed by atoms with Gasteiger partial charge in [0.2, 0.25) is 5.91 Å². The number of benzene rings is 1. The van der Waals surface area contributed by atoms with Gasteiger partial charge < -0.3 is 19.9 Å². The van der Waals surface area contributed by atoms with Crippen molar-refractivity contribution in [3.63, 3.8) is 0 Å². The lowest BCUT2D eigenvalue weighted by Gasteiger charge is -2.34. The van der Waals surface area contributed by atoms with Crippen molar-refractivity contribution >= 4 is 29.3 Å². The van der Waals surface area contributed by atoms with E-state index < -0.39 is 0 Å². The molecule has 2 rings (SSSR count). The second-order valence-electron chi connectivity index (χ2n) is 5.66. The number of halogens is 1. The highest BCUT2D eigenvalue weighted by molar-refractivity contribution is 6.31. The summed E-state index contributed by atoms with van der Waals surface area (Å²) in [7, 11) is 0. The van der Waals surface area contributed by atoms with Crippen LogP contribution in [0, 0.1) is 6.92 Å². The number of amides is 2. The number of hydrogen-bond donors (Lipinski definition) is 1. The van der Waals surface area contributed by atoms with Crippen molar-refractivity contribution in [2.24, 2.45) is 0 Å². The number of carbonyl (C=O) groups excluding carboxylic acids is 2. The Morgan fingerprint density at radius 2 is 1.88 bits per heavy atom. The van der Waals surface area contributed by atoms with Gasteiger partial charge in [0.05, 0.1) is 6.61 Å². The fourth-order valence-electron chi connectivity index (χ4n) is 2.61. The van der Waals surface area contributed by atoms with Crippen LogP contribution in [0.3, 0.4) is 0 Å². The van der Waals surface area contributed by atoms with Crippen LogP contribution >= 0.6 is 11.6 Å². The van der Waals surface area contributed by atoms with E-state index in [1.54, 1.807) is 16.7 Å². The highest BCUT2D eigenvalue weighted by Crippen LogP contribution is 2.22. The SMILES string of the molecule is CCOC(=O)N1CCN(C(=O)CCNc2cccc(Cl)c2C)CC1. The number of nitrogens with one attached hydrogen (secondary N) is 1. The van der Waals surface area contributed by atoms with Gasteiger partial charge in [0.1, 0.15) is 0 Å². The fraction of sp³-hybridized carbons (Fsp3) is 0.529. The predicted octanol–water partition coefficient (Wildman–Crippen LogP) is 2.75. The summed E-state index contributed by atoms with van der Waals surface area (Å²) in [5.74, 6) is 0.0886. The maximum absolute atomic E-state index is 12.3. The van der Waals surface area contributed by atoms with Gasteiger partial charge in [0.25, 0.3) is 0 Å². The van der Waals surface area contributed by atoms with Gasteiger partial charge in [-0.2, -0.15) is 0 Å². The summed E-state index contributed by atoms with van der Waals surface area (Å²) in [5.41, 5.74) is 1.93. The second-order valence-corrected chi connectivity index (χ2v) is 6.06. The molecule has 0 unspecified atom stereocenters. The first-order chi connectivity index (χ1) is 11.5. The fourth-order valence-corrected chi connectivity index (χ4v) is 2.79. The molecule has 1 N–H and O–H groups in total. The Morgan fingerprint density at radius 3 is 2.54 bits per heavy atom. The second kappa shape index (κ2) is 8.78. The molecule has 6 nitrogen and oxygen atoms in total. The minimum absolute atomic E-state index is 0.0886. The van der Waals surface area contributed by atoms with E-state index in [9.17, 15) is 9.59 Å². The van der Waals surface area contributed by atoms with Gasteiger partial charge in [0.15, 0.2) is 0 Å². The van der Waals surface area contributed by atoms with Crippen molar-refractivity contribution in [1.82, 2.24) is 9.80 Å². The summed E-state index contributed by atoms with van der Waals surface area (Å²) in [6.45, 7) is 6.79. The number of hydrogen-bond acceptors (Lipinski definition) is 4. The third kappa shape index (κ3) is 4.77. The minimum atomic E-state index is -0.303. The van der Waals surface area contributed by atoms with Gasteiger partial charge in [-0.15, -0.1) is 0 Å². The van der Waals surface area contributed by atoms with Crippen molar-refractivity contribution < 1.29 is 14.3 Å². The van der Waals surface area contributed by atoms with Gasteiger partial charge in [-0.05, 0) is 31.5 Å². The number of rotatable bonds is 5. The molecule has 1 aliphatic heterocycles. The molecular weight excluding hydrogens is 330 g/mol. The van der Waals surface area contributed by atoms with E-state index >= 15 is 0 Å². The predicted molar refractivity (Wildman–Crippen MR) is 94.5 cm³/mol. The molecule has 0 radical (unpaired) electrons. The normalized spacial score (nSPS) is 14.5. The lowest BCUT2D eigenvalue weighted by molar-refractivity contribution is -0.132. The number of nitrogens with zero attached hydrogens (tertiary/aromatic N) is 2. The van der Waals surface area contributed by atoms with Crippen LogP contribution in [0.2, 0.25) is 5.02 Å². The molecule has 0 aromatic heterocycles. The molecule has 1 aromatic rings. The first-order valence-corrected chi connectivity index (χ1v) is 8.59. The van der Waals surface area contributed by atoms with Crippen LogP contribution < -0.4 is 5.32 Å². The van der Waals surface area contributed by atoms with Crippen LogP contribution in [-0.2, 0) is 9.53 Å². The van der Waals surface area contributed by atoms with Crippen molar-refractivity contribution in [1.29, 1.82) is 0 Å². The van der Waals surface area contributed by atoms with Crippen molar-refractivity contribution in [3.05, 3.63) is 28.8 Å². The summed E-state index contributed by atoms with van der Waals surface area (Å²) >= 11 is 6.08. The van der Waals surface area contributed by atoms with E-state index in [2.05, 4.69) is 5.32 Å². The largest absolute Gasteiger partial charge is 0.450 e. The third-order valence-electron chi connectivity index (χ3n) is 4.08. The van der Waals surface area contributed by atoms with Crippen molar-refractivity contribution in [2.75, 3.05) is 44.6 Å². The van der Waals surface area contributed by atoms with E-state index in [-0.39, 0.29) is 12.0 Å². The summed E-state index contributed by atoms with van der Waals surface area (Å²) in [6, 6.07) is 5.67. The molecule has 1 heterocycles. The van der Waals surface area contributed by atoms with Gasteiger partial charge in [0, 0.05) is 49.9 Å². The molecule has 0 aliphatic carbocycles. The quantitative estimate of drug-likeness (QED) is 0.884. The average Bonchev–Trinajstić information content (AvgIpc) is 2.59. The molecule has 0 spiro atoms. The van der Waals surface area contributed by atoms with Crippen LogP contribution in [0.15, 0.2) is 18.2 Å². The van der Waals surface area contributed by atoms with Crippen molar-refractivity contribution in [2.45, 2.75) is 20.3 Å². The van der Waals surface area contributed by atoms with Crippen LogP contribution in [0.25, 0.3) is 0 Å². The monoisotopic (exact) mass is 353 g/mol. The Kier molecular flexibility index (Phi) is 6.73. The van der Waals surface area contributed by atoms with E-state index in [1.807, 2.05) is 25.1 Å². The number of carbonyl (C=O) groups is 2. The molecule has 7 heteroatoms. The van der Waals surface area contributed by atoms with E-state index in [0.29, 0.717) is 50.8 Å². The zero-order chi connectivity index (χ0) is 17.5. The highest BCUT2D eigenvalue weighted by atomic mass is 35.5. The lowest BCUT2D eigenvalue weighted by Crippen LogP contribution is -2.50. The standard InChI is InChI=1S/C17H24ClN3O3/c1-3-24-17(23)21-11-9-20(10-12-21)16(22)7-8-19-15-6-4-5-14(18)13(15)2/h4-6,19H,3,7-12H2,1-2H3. The maximum atomic E-state index is 12.3. The number of ether oxygens (including phenoxy) is 1. The first kappa shape index (κ1) is 18.4. The summed E-state index contributed by atoms with van der Waals surface area (Å²) in [5, 5.41) is 3.96. The molecule has 0 saturated carbocycles. The lowest BCUT2D eigenvalue weighted by atomic mass is 10.2. The van der Waals surface area contributed by atoms with Crippen LogP contribution in [0.1, 0.15) is 18.9 Å². The molecule has 1 aliphatic rings. The van der Waals surface area contributed by atoms with Crippen molar-refractivity contribution in [3.8, 4) is 0 Å². The first-order valence-electron chi connectivity index (χ1n) is 8.21. The molecule has 1 saturated heterocycles. The van der Waals surface area contributed by atoms with Gasteiger partial charge in [-0.3, -0.25) is 4.79 Å². The third-order valence-corrected chi connectivity index (χ3v) is 4.49. The van der Waals surface area contributed by atoms with Gasteiger partial charge >= 0.3 is 6.09 Å². The highest BCUT2D eigenvalue weighted by Gasteiger charge is 2.24. The van der Waals surface area contributed by atoms with E-state index in [1.165, 1.54) is 0 Å². The molecule has 24 heavy (non-hydrogen) atoms. The summed E-state index contributed by atoms with van der Waals surface area (Å²) in [6.07, 6.45) is 0.105. The Balaban J connectivity index is 1.74. The smallest absolute Gasteiger partial charge is 0.409 e. The maximum Gasteiger partial charge on any atom is 0.409 e. The summed E-state index contributed by atoms with van der Waals surface area (Å²) < 4.78 is 4.97. The molecule has 132 valence electrons. The number of piperazine rings is 1. The number of anilines is 1. The van der Waals surface area contributed by atoms with Crippen LogP contribution in [0.4, 0.5) is 10.5 Å². The minimum Gasteiger partial charge on any atom is -0.450 e. The molecule has 0 atom stereocenters. The van der Waals surface area contributed by atoms with Crippen LogP contribution in [-0.4, -0.2) is 61.1 Å². The zero-order valence-corrected chi connectivity index (χ0v) is 14.9. The molecule has 1 fully saturated rings. The van der Waals surface area contributed by atoms with Gasteiger partial charge in [-0.25, -0.2) is 4.79 Å². The van der Waals surface area contributed by atoms with Gasteiger partial charge in [-0.1, -0.05) is 17.7 Å². The molecule has 2 amide bonds. The van der Waals surface area contributed by atoms with E-state index in [0.717, 1.165) is 11.3 Å². The Hall–Kier alpha value is -1.95. The van der Waals surface area contributed by atoms with E-state index in [4.69, 9.17) is 16.3 Å². The Morgan fingerprint density at radius 1 is 1.21 bits per heavy atom. The topological polar surface area (TPSA) is 61.9 Å². The summed E-state index contributed by atoms with van der Waals surface area (Å²) in [4.78, 5) is 27.3. The van der Waals surface area contributed by atoms with Crippen LogP contribution in [0.5, 0.6) is 0 Å². The average molecular weight is 354 g/mol. The Labute approximate surface area is 147 Å². The molecule has 0 bridgehead atoms.